The van der Waals surface area contributed by atoms with E-state index in [0.717, 1.165) is 6.42 Å². The van der Waals surface area contributed by atoms with Gasteiger partial charge in [-0.2, -0.15) is 0 Å². The summed E-state index contributed by atoms with van der Waals surface area (Å²) in [6.45, 7) is 6.56. The lowest BCUT2D eigenvalue weighted by molar-refractivity contribution is 0.663. The van der Waals surface area contributed by atoms with Crippen LogP contribution in [0.4, 0.5) is 0 Å². The number of aryl methyl sites for hydroxylation is 1. The van der Waals surface area contributed by atoms with Gasteiger partial charge < -0.3 is 0 Å². The quantitative estimate of drug-likeness (QED) is 0.485. The summed E-state index contributed by atoms with van der Waals surface area (Å²) in [6, 6.07) is 0. The summed E-state index contributed by atoms with van der Waals surface area (Å²) in [7, 11) is 0. The van der Waals surface area contributed by atoms with Crippen LogP contribution in [0.3, 0.4) is 0 Å². The summed E-state index contributed by atoms with van der Waals surface area (Å²) in [5.41, 5.74) is 2.73. The Morgan fingerprint density at radius 1 is 1.38 bits per heavy atom. The van der Waals surface area contributed by atoms with Crippen molar-refractivity contribution < 1.29 is 0 Å². The molecule has 1 aromatic rings. The standard InChI is InChI=1S/C14H23NS/c1-4-5-6-7-8-12(2)9-10-14-11-16-13(3)15-14/h9,11H,4-8,10H2,1-3H3/b12-9+. The molecule has 1 aromatic heterocycles. The van der Waals surface area contributed by atoms with Crippen LogP contribution in [0.5, 0.6) is 0 Å². The fraction of sp³-hybridized carbons (Fsp3) is 0.643. The summed E-state index contributed by atoms with van der Waals surface area (Å²) >= 11 is 1.74. The number of hydrogen-bond acceptors (Lipinski definition) is 2. The Morgan fingerprint density at radius 3 is 2.81 bits per heavy atom. The first-order valence-electron chi connectivity index (χ1n) is 6.29. The molecule has 0 saturated carbocycles. The van der Waals surface area contributed by atoms with Gasteiger partial charge in [-0.25, -0.2) is 4.98 Å². The van der Waals surface area contributed by atoms with Crippen molar-refractivity contribution in [2.45, 2.75) is 59.3 Å². The van der Waals surface area contributed by atoms with Gasteiger partial charge in [0.1, 0.15) is 0 Å². The topological polar surface area (TPSA) is 12.9 Å². The van der Waals surface area contributed by atoms with Crippen molar-refractivity contribution >= 4 is 11.3 Å². The van der Waals surface area contributed by atoms with Crippen molar-refractivity contribution in [3.8, 4) is 0 Å². The van der Waals surface area contributed by atoms with Gasteiger partial charge in [0.15, 0.2) is 0 Å². The first kappa shape index (κ1) is 13.4. The highest BCUT2D eigenvalue weighted by atomic mass is 32.1. The fourth-order valence-electron chi connectivity index (χ4n) is 1.71. The number of hydrogen-bond donors (Lipinski definition) is 0. The first-order valence-corrected chi connectivity index (χ1v) is 7.17. The molecule has 0 unspecified atom stereocenters. The van der Waals surface area contributed by atoms with E-state index in [2.05, 4.69) is 37.2 Å². The molecule has 90 valence electrons. The van der Waals surface area contributed by atoms with Gasteiger partial charge in [0.05, 0.1) is 10.7 Å². The van der Waals surface area contributed by atoms with E-state index in [9.17, 15) is 0 Å². The Morgan fingerprint density at radius 2 is 2.19 bits per heavy atom. The number of nitrogens with zero attached hydrogens (tertiary/aromatic N) is 1. The van der Waals surface area contributed by atoms with Crippen LogP contribution in [-0.4, -0.2) is 4.98 Å². The van der Waals surface area contributed by atoms with Gasteiger partial charge in [-0.3, -0.25) is 0 Å². The molecule has 16 heavy (non-hydrogen) atoms. The van der Waals surface area contributed by atoms with Crippen LogP contribution in [0.1, 0.15) is 56.7 Å². The lowest BCUT2D eigenvalue weighted by atomic mass is 10.1. The van der Waals surface area contributed by atoms with Crippen LogP contribution in [0, 0.1) is 6.92 Å². The number of rotatable bonds is 7. The zero-order valence-electron chi connectivity index (χ0n) is 10.8. The van der Waals surface area contributed by atoms with Crippen molar-refractivity contribution in [2.75, 3.05) is 0 Å². The Bertz CT molecular complexity index is 325. The zero-order valence-corrected chi connectivity index (χ0v) is 11.6. The van der Waals surface area contributed by atoms with Gasteiger partial charge >= 0.3 is 0 Å². The predicted molar refractivity (Wildman–Crippen MR) is 73.1 cm³/mol. The van der Waals surface area contributed by atoms with E-state index in [1.165, 1.54) is 48.4 Å². The smallest absolute Gasteiger partial charge is 0.0897 e. The third-order valence-electron chi connectivity index (χ3n) is 2.75. The summed E-state index contributed by atoms with van der Waals surface area (Å²) < 4.78 is 0. The Kier molecular flexibility index (Phi) is 6.39. The molecular weight excluding hydrogens is 214 g/mol. The van der Waals surface area contributed by atoms with Gasteiger partial charge in [-0.05, 0) is 26.7 Å². The largest absolute Gasteiger partial charge is 0.246 e. The van der Waals surface area contributed by atoms with E-state index in [1.54, 1.807) is 11.3 Å². The monoisotopic (exact) mass is 237 g/mol. The summed E-state index contributed by atoms with van der Waals surface area (Å²) in [4.78, 5) is 4.47. The normalized spacial score (nSPS) is 12.1. The molecule has 0 aliphatic carbocycles. The van der Waals surface area contributed by atoms with E-state index in [4.69, 9.17) is 0 Å². The van der Waals surface area contributed by atoms with Gasteiger partial charge in [-0.1, -0.05) is 37.8 Å². The second-order valence-corrected chi connectivity index (χ2v) is 5.49. The van der Waals surface area contributed by atoms with E-state index in [1.807, 2.05) is 0 Å². The fourth-order valence-corrected chi connectivity index (χ4v) is 2.34. The Balaban J connectivity index is 2.23. The summed E-state index contributed by atoms with van der Waals surface area (Å²) in [5.74, 6) is 0. The second-order valence-electron chi connectivity index (χ2n) is 4.42. The van der Waals surface area contributed by atoms with Crippen LogP contribution in [0.15, 0.2) is 17.0 Å². The molecule has 0 N–H and O–H groups in total. The van der Waals surface area contributed by atoms with Crippen LogP contribution < -0.4 is 0 Å². The van der Waals surface area contributed by atoms with Crippen LogP contribution in [0.2, 0.25) is 0 Å². The van der Waals surface area contributed by atoms with Gasteiger partial charge in [0, 0.05) is 11.8 Å². The Labute approximate surface area is 104 Å². The Hall–Kier alpha value is -0.630. The molecule has 0 bridgehead atoms. The van der Waals surface area contributed by atoms with E-state index >= 15 is 0 Å². The van der Waals surface area contributed by atoms with Crippen molar-refractivity contribution in [3.63, 3.8) is 0 Å². The predicted octanol–water partition coefficient (Wildman–Crippen LogP) is 4.91. The molecule has 1 rings (SSSR count). The summed E-state index contributed by atoms with van der Waals surface area (Å²) in [5, 5.41) is 3.33. The van der Waals surface area contributed by atoms with E-state index < -0.39 is 0 Å². The van der Waals surface area contributed by atoms with E-state index in [0.29, 0.717) is 0 Å². The highest BCUT2D eigenvalue weighted by Crippen LogP contribution is 2.13. The number of unbranched alkanes of at least 4 members (excludes halogenated alkanes) is 3. The third-order valence-corrected chi connectivity index (χ3v) is 3.57. The minimum Gasteiger partial charge on any atom is -0.246 e. The molecule has 0 spiro atoms. The highest BCUT2D eigenvalue weighted by Gasteiger charge is 1.96. The van der Waals surface area contributed by atoms with Crippen LogP contribution in [-0.2, 0) is 6.42 Å². The number of allylic oxidation sites excluding steroid dienone is 2. The number of aromatic nitrogens is 1. The molecule has 0 aliphatic heterocycles. The van der Waals surface area contributed by atoms with Crippen molar-refractivity contribution in [3.05, 3.63) is 27.7 Å². The molecule has 0 amide bonds. The lowest BCUT2D eigenvalue weighted by Crippen LogP contribution is -1.85. The average molecular weight is 237 g/mol. The van der Waals surface area contributed by atoms with E-state index in [-0.39, 0.29) is 0 Å². The van der Waals surface area contributed by atoms with Gasteiger partial charge in [0.25, 0.3) is 0 Å². The molecule has 2 heteroatoms. The second kappa shape index (κ2) is 7.61. The van der Waals surface area contributed by atoms with Gasteiger partial charge in [0.2, 0.25) is 0 Å². The van der Waals surface area contributed by atoms with Crippen molar-refractivity contribution in [2.24, 2.45) is 0 Å². The number of thiazole rings is 1. The minimum atomic E-state index is 1.00. The third kappa shape index (κ3) is 5.45. The van der Waals surface area contributed by atoms with Crippen LogP contribution in [0.25, 0.3) is 0 Å². The molecule has 0 saturated heterocycles. The average Bonchev–Trinajstić information content (AvgIpc) is 2.68. The maximum atomic E-state index is 4.47. The lowest BCUT2D eigenvalue weighted by Gasteiger charge is -2.00. The molecule has 1 nitrogen and oxygen atoms in total. The molecule has 0 fully saturated rings. The highest BCUT2D eigenvalue weighted by molar-refractivity contribution is 7.09. The van der Waals surface area contributed by atoms with Gasteiger partial charge in [-0.15, -0.1) is 11.3 Å². The molecule has 0 radical (unpaired) electrons. The maximum absolute atomic E-state index is 4.47. The maximum Gasteiger partial charge on any atom is 0.0897 e. The van der Waals surface area contributed by atoms with Crippen molar-refractivity contribution in [1.29, 1.82) is 0 Å². The molecule has 1 heterocycles. The molecule has 0 atom stereocenters. The SMILES string of the molecule is CCCCCC/C(C)=C/Cc1csc(C)n1. The minimum absolute atomic E-state index is 1.00. The van der Waals surface area contributed by atoms with Crippen LogP contribution >= 0.6 is 11.3 Å². The first-order chi connectivity index (χ1) is 7.72. The molecule has 0 aliphatic rings. The molecular formula is C14H23NS. The summed E-state index contributed by atoms with van der Waals surface area (Å²) in [6.07, 6.45) is 10.00. The molecule has 0 aromatic carbocycles. The van der Waals surface area contributed by atoms with Crippen molar-refractivity contribution in [1.82, 2.24) is 4.98 Å². The zero-order chi connectivity index (χ0) is 11.8.